The first-order valence-corrected chi connectivity index (χ1v) is 7.11. The van der Waals surface area contributed by atoms with Gasteiger partial charge in [-0.05, 0) is 32.3 Å². The summed E-state index contributed by atoms with van der Waals surface area (Å²) in [5.41, 5.74) is 2.26. The van der Waals surface area contributed by atoms with E-state index in [0.29, 0.717) is 5.95 Å². The maximum atomic E-state index is 9.56. The van der Waals surface area contributed by atoms with Crippen LogP contribution < -0.4 is 16.6 Å². The van der Waals surface area contributed by atoms with E-state index in [9.17, 15) is 5.11 Å². The van der Waals surface area contributed by atoms with Gasteiger partial charge in [0, 0.05) is 4.88 Å². The fourth-order valence-electron chi connectivity index (χ4n) is 2.38. The molecule has 7 heteroatoms. The fourth-order valence-corrected chi connectivity index (χ4v) is 3.26. The summed E-state index contributed by atoms with van der Waals surface area (Å²) >= 11 is 1.61. The summed E-state index contributed by atoms with van der Waals surface area (Å²) in [6.07, 6.45) is 3.06. The molecule has 19 heavy (non-hydrogen) atoms. The van der Waals surface area contributed by atoms with E-state index in [4.69, 9.17) is 5.84 Å². The van der Waals surface area contributed by atoms with Crippen LogP contribution in [0.1, 0.15) is 24.1 Å². The van der Waals surface area contributed by atoms with Gasteiger partial charge in [-0.3, -0.25) is 5.43 Å². The molecular formula is C12H17N5OS. The summed E-state index contributed by atoms with van der Waals surface area (Å²) in [6, 6.07) is 2.06. The highest BCUT2D eigenvalue weighted by atomic mass is 32.1. The van der Waals surface area contributed by atoms with Gasteiger partial charge in [0.1, 0.15) is 10.6 Å². The van der Waals surface area contributed by atoms with Crippen molar-refractivity contribution in [3.63, 3.8) is 0 Å². The Labute approximate surface area is 115 Å². The van der Waals surface area contributed by atoms with E-state index in [-0.39, 0.29) is 12.1 Å². The Bertz CT molecular complexity index is 602. The Hall–Kier alpha value is -1.44. The molecule has 6 nitrogen and oxygen atoms in total. The number of nitrogen functional groups attached to an aromatic ring is 1. The normalized spacial score (nSPS) is 17.2. The first-order chi connectivity index (χ1) is 9.15. The van der Waals surface area contributed by atoms with Crippen molar-refractivity contribution < 1.29 is 5.11 Å². The number of nitrogens with zero attached hydrogens (tertiary/aromatic N) is 2. The Balaban J connectivity index is 2.05. The molecule has 2 heterocycles. The summed E-state index contributed by atoms with van der Waals surface area (Å²) < 4.78 is 0. The molecule has 2 aromatic rings. The van der Waals surface area contributed by atoms with Crippen LogP contribution in [0.4, 0.5) is 11.8 Å². The molecule has 0 aliphatic heterocycles. The van der Waals surface area contributed by atoms with E-state index in [1.165, 1.54) is 4.88 Å². The van der Waals surface area contributed by atoms with E-state index < -0.39 is 0 Å². The highest BCUT2D eigenvalue weighted by molar-refractivity contribution is 7.18. The van der Waals surface area contributed by atoms with Crippen LogP contribution in [0.5, 0.6) is 0 Å². The summed E-state index contributed by atoms with van der Waals surface area (Å²) in [5.74, 6) is 6.55. The standard InChI is InChI=1S/C12H17N5OS/c1-7-5-8-9(16-12(6-18)3-2-4-12)14-11(17-13)15-10(8)19-7/h5,18H,2-4,6,13H2,1H3,(H2,14,15,16,17). The monoisotopic (exact) mass is 279 g/mol. The van der Waals surface area contributed by atoms with Crippen LogP contribution in [-0.4, -0.2) is 27.2 Å². The van der Waals surface area contributed by atoms with Crippen LogP contribution >= 0.6 is 11.3 Å². The van der Waals surface area contributed by atoms with Gasteiger partial charge in [0.05, 0.1) is 17.5 Å². The largest absolute Gasteiger partial charge is 0.394 e. The summed E-state index contributed by atoms with van der Waals surface area (Å²) in [4.78, 5) is 10.8. The molecule has 0 amide bonds. The molecule has 1 aliphatic carbocycles. The van der Waals surface area contributed by atoms with E-state index >= 15 is 0 Å². The molecule has 5 N–H and O–H groups in total. The zero-order valence-corrected chi connectivity index (χ0v) is 11.5. The number of aliphatic hydroxyl groups excluding tert-OH is 1. The Morgan fingerprint density at radius 3 is 2.84 bits per heavy atom. The first-order valence-electron chi connectivity index (χ1n) is 6.30. The number of aryl methyl sites for hydroxylation is 1. The van der Waals surface area contributed by atoms with Crippen LogP contribution in [0.15, 0.2) is 6.07 Å². The minimum absolute atomic E-state index is 0.118. The molecule has 2 aromatic heterocycles. The molecule has 0 spiro atoms. The van der Waals surface area contributed by atoms with Crippen LogP contribution in [0.2, 0.25) is 0 Å². The van der Waals surface area contributed by atoms with Gasteiger partial charge in [0.2, 0.25) is 5.95 Å². The van der Waals surface area contributed by atoms with Crippen LogP contribution in [0.3, 0.4) is 0 Å². The second-order valence-electron chi connectivity index (χ2n) is 5.03. The molecule has 0 unspecified atom stereocenters. The number of nitrogens with two attached hydrogens (primary N) is 1. The second kappa shape index (κ2) is 4.59. The molecule has 0 radical (unpaired) electrons. The van der Waals surface area contributed by atoms with Crippen molar-refractivity contribution in [2.24, 2.45) is 5.84 Å². The third-order valence-electron chi connectivity index (χ3n) is 3.64. The van der Waals surface area contributed by atoms with Crippen molar-refractivity contribution in [1.82, 2.24) is 9.97 Å². The Morgan fingerprint density at radius 2 is 2.26 bits per heavy atom. The smallest absolute Gasteiger partial charge is 0.240 e. The van der Waals surface area contributed by atoms with Gasteiger partial charge in [0.15, 0.2) is 0 Å². The third-order valence-corrected chi connectivity index (χ3v) is 4.59. The number of nitrogens with one attached hydrogen (secondary N) is 2. The quantitative estimate of drug-likeness (QED) is 0.501. The minimum atomic E-state index is -0.233. The summed E-state index contributed by atoms with van der Waals surface area (Å²) in [5, 5.41) is 13.9. The lowest BCUT2D eigenvalue weighted by molar-refractivity contribution is 0.144. The highest BCUT2D eigenvalue weighted by Gasteiger charge is 2.37. The molecule has 1 fully saturated rings. The zero-order chi connectivity index (χ0) is 13.5. The fraction of sp³-hybridized carbons (Fsp3) is 0.500. The summed E-state index contributed by atoms with van der Waals surface area (Å²) in [7, 11) is 0. The number of fused-ring (bicyclic) bond motifs is 1. The van der Waals surface area contributed by atoms with E-state index in [0.717, 1.165) is 35.3 Å². The molecule has 0 saturated heterocycles. The van der Waals surface area contributed by atoms with Crippen molar-refractivity contribution >= 4 is 33.3 Å². The van der Waals surface area contributed by atoms with Crippen LogP contribution in [0.25, 0.3) is 10.2 Å². The van der Waals surface area contributed by atoms with Crippen molar-refractivity contribution in [2.75, 3.05) is 17.3 Å². The number of hydrogen-bond donors (Lipinski definition) is 4. The van der Waals surface area contributed by atoms with Crippen LogP contribution in [-0.2, 0) is 0 Å². The minimum Gasteiger partial charge on any atom is -0.394 e. The number of aliphatic hydroxyl groups is 1. The second-order valence-corrected chi connectivity index (χ2v) is 6.27. The van der Waals surface area contributed by atoms with Gasteiger partial charge in [-0.1, -0.05) is 0 Å². The molecule has 0 atom stereocenters. The molecule has 1 saturated carbocycles. The van der Waals surface area contributed by atoms with Crippen molar-refractivity contribution in [2.45, 2.75) is 31.7 Å². The Kier molecular flexibility index (Phi) is 3.04. The number of rotatable bonds is 4. The number of aromatic nitrogens is 2. The zero-order valence-electron chi connectivity index (χ0n) is 10.7. The molecule has 1 aliphatic rings. The maximum absolute atomic E-state index is 9.56. The predicted molar refractivity (Wildman–Crippen MR) is 77.3 cm³/mol. The third kappa shape index (κ3) is 2.13. The van der Waals surface area contributed by atoms with Gasteiger partial charge in [0.25, 0.3) is 0 Å². The lowest BCUT2D eigenvalue weighted by Crippen LogP contribution is -2.48. The van der Waals surface area contributed by atoms with Crippen molar-refractivity contribution in [1.29, 1.82) is 0 Å². The number of anilines is 2. The SMILES string of the molecule is Cc1cc2c(NC3(CO)CCC3)nc(NN)nc2s1. The van der Waals surface area contributed by atoms with Gasteiger partial charge < -0.3 is 10.4 Å². The molecule has 0 aromatic carbocycles. The average molecular weight is 279 g/mol. The van der Waals surface area contributed by atoms with E-state index in [2.05, 4.69) is 26.8 Å². The topological polar surface area (TPSA) is 96.1 Å². The number of hydrogen-bond acceptors (Lipinski definition) is 7. The van der Waals surface area contributed by atoms with E-state index in [1.807, 2.05) is 6.92 Å². The number of thiophene rings is 1. The van der Waals surface area contributed by atoms with Gasteiger partial charge in [-0.25, -0.2) is 10.8 Å². The maximum Gasteiger partial charge on any atom is 0.240 e. The van der Waals surface area contributed by atoms with Gasteiger partial charge >= 0.3 is 0 Å². The predicted octanol–water partition coefficient (Wildman–Crippen LogP) is 1.61. The van der Waals surface area contributed by atoms with Crippen molar-refractivity contribution in [3.8, 4) is 0 Å². The summed E-state index contributed by atoms with van der Waals surface area (Å²) in [6.45, 7) is 2.16. The first kappa shape index (κ1) is 12.6. The van der Waals surface area contributed by atoms with Crippen LogP contribution in [0, 0.1) is 6.92 Å². The number of hydrazine groups is 1. The highest BCUT2D eigenvalue weighted by Crippen LogP contribution is 2.37. The molecule has 3 rings (SSSR count). The molecule has 102 valence electrons. The average Bonchev–Trinajstić information content (AvgIpc) is 2.73. The lowest BCUT2D eigenvalue weighted by atomic mass is 9.77. The van der Waals surface area contributed by atoms with Crippen molar-refractivity contribution in [3.05, 3.63) is 10.9 Å². The van der Waals surface area contributed by atoms with Gasteiger partial charge in [-0.2, -0.15) is 4.98 Å². The van der Waals surface area contributed by atoms with Gasteiger partial charge in [-0.15, -0.1) is 11.3 Å². The molecular weight excluding hydrogens is 262 g/mol. The molecule has 0 bridgehead atoms. The van der Waals surface area contributed by atoms with E-state index in [1.54, 1.807) is 11.3 Å². The lowest BCUT2D eigenvalue weighted by Gasteiger charge is -2.41. The Morgan fingerprint density at radius 1 is 1.47 bits per heavy atom.